The number of hydrogen-bond donors (Lipinski definition) is 2. The van der Waals surface area contributed by atoms with Crippen molar-refractivity contribution < 1.29 is 9.84 Å². The van der Waals surface area contributed by atoms with Crippen molar-refractivity contribution in [3.05, 3.63) is 28.3 Å². The Kier molecular flexibility index (Phi) is 4.49. The molecule has 1 unspecified atom stereocenters. The molecule has 0 aromatic heterocycles. The minimum absolute atomic E-state index is 0.0766. The van der Waals surface area contributed by atoms with Crippen molar-refractivity contribution in [2.24, 2.45) is 5.73 Å². The smallest absolute Gasteiger partial charge is 0.140 e. The second-order valence-electron chi connectivity index (χ2n) is 4.90. The Bertz CT molecular complexity index is 417. The van der Waals surface area contributed by atoms with Gasteiger partial charge in [0.1, 0.15) is 5.75 Å². The van der Waals surface area contributed by atoms with E-state index in [9.17, 15) is 0 Å². The van der Waals surface area contributed by atoms with Crippen molar-refractivity contribution in [3.63, 3.8) is 0 Å². The van der Waals surface area contributed by atoms with Crippen LogP contribution in [0.1, 0.15) is 48.8 Å². The van der Waals surface area contributed by atoms with Gasteiger partial charge in [-0.3, -0.25) is 0 Å². The number of ether oxygens (including phenoxy) is 1. The van der Waals surface area contributed by atoms with Crippen molar-refractivity contribution in [1.29, 1.82) is 0 Å². The van der Waals surface area contributed by atoms with Gasteiger partial charge >= 0.3 is 0 Å². The van der Waals surface area contributed by atoms with E-state index >= 15 is 0 Å². The van der Waals surface area contributed by atoms with E-state index in [1.54, 1.807) is 13.2 Å². The molecule has 0 spiro atoms. The lowest BCUT2D eigenvalue weighted by Gasteiger charge is -2.19. The molecule has 0 aliphatic heterocycles. The molecule has 0 amide bonds. The SMILES string of the molecule is COc1c(Cl)cc(C(N)CO)cc1C1CCCC1. The lowest BCUT2D eigenvalue weighted by atomic mass is 9.93. The number of nitrogens with two attached hydrogens (primary N) is 1. The standard InChI is InChI=1S/C14H20ClNO2/c1-18-14-11(9-4-2-3-5-9)6-10(7-12(14)15)13(16)8-17/h6-7,9,13,17H,2-5,8,16H2,1H3. The molecule has 1 aliphatic rings. The lowest BCUT2D eigenvalue weighted by Crippen LogP contribution is -2.15. The van der Waals surface area contributed by atoms with Gasteiger partial charge in [-0.1, -0.05) is 30.5 Å². The quantitative estimate of drug-likeness (QED) is 0.883. The Morgan fingerprint density at radius 2 is 2.11 bits per heavy atom. The van der Waals surface area contributed by atoms with Crippen LogP contribution in [0, 0.1) is 0 Å². The first-order chi connectivity index (χ1) is 8.67. The molecule has 1 fully saturated rings. The maximum Gasteiger partial charge on any atom is 0.140 e. The number of hydrogen-bond acceptors (Lipinski definition) is 3. The molecule has 1 atom stereocenters. The summed E-state index contributed by atoms with van der Waals surface area (Å²) in [6.07, 6.45) is 4.85. The third-order valence-electron chi connectivity index (χ3n) is 3.72. The van der Waals surface area contributed by atoms with E-state index in [1.807, 2.05) is 6.07 Å². The molecular weight excluding hydrogens is 250 g/mol. The van der Waals surface area contributed by atoms with E-state index in [-0.39, 0.29) is 12.6 Å². The van der Waals surface area contributed by atoms with Crippen LogP contribution in [0.3, 0.4) is 0 Å². The monoisotopic (exact) mass is 269 g/mol. The lowest BCUT2D eigenvalue weighted by molar-refractivity contribution is 0.268. The highest BCUT2D eigenvalue weighted by molar-refractivity contribution is 6.32. The van der Waals surface area contributed by atoms with E-state index in [2.05, 4.69) is 0 Å². The van der Waals surface area contributed by atoms with Crippen LogP contribution in [0.5, 0.6) is 5.75 Å². The average Bonchev–Trinajstić information content (AvgIpc) is 2.90. The fraction of sp³-hybridized carbons (Fsp3) is 0.571. The zero-order chi connectivity index (χ0) is 13.1. The Labute approximate surface area is 113 Å². The second kappa shape index (κ2) is 5.91. The summed E-state index contributed by atoms with van der Waals surface area (Å²) in [6.45, 7) is -0.0766. The van der Waals surface area contributed by atoms with E-state index in [1.165, 1.54) is 25.7 Å². The van der Waals surface area contributed by atoms with Crippen LogP contribution in [0.25, 0.3) is 0 Å². The van der Waals surface area contributed by atoms with Gasteiger partial charge in [-0.05, 0) is 36.0 Å². The van der Waals surface area contributed by atoms with Gasteiger partial charge in [0.05, 0.1) is 24.8 Å². The molecule has 18 heavy (non-hydrogen) atoms. The van der Waals surface area contributed by atoms with Crippen molar-refractivity contribution in [1.82, 2.24) is 0 Å². The van der Waals surface area contributed by atoms with Crippen LogP contribution in [0.2, 0.25) is 5.02 Å². The normalized spacial score (nSPS) is 18.0. The van der Waals surface area contributed by atoms with Gasteiger partial charge in [0.2, 0.25) is 0 Å². The minimum atomic E-state index is -0.381. The number of aliphatic hydroxyl groups is 1. The number of aliphatic hydroxyl groups excluding tert-OH is 1. The molecule has 0 heterocycles. The summed E-state index contributed by atoms with van der Waals surface area (Å²) in [5.74, 6) is 1.26. The van der Waals surface area contributed by atoms with Crippen LogP contribution in [0.4, 0.5) is 0 Å². The van der Waals surface area contributed by atoms with Gasteiger partial charge < -0.3 is 15.6 Å². The van der Waals surface area contributed by atoms with Gasteiger partial charge in [-0.25, -0.2) is 0 Å². The number of methoxy groups -OCH3 is 1. The zero-order valence-electron chi connectivity index (χ0n) is 10.7. The largest absolute Gasteiger partial charge is 0.495 e. The summed E-state index contributed by atoms with van der Waals surface area (Å²) in [6, 6.07) is 3.45. The first-order valence-electron chi connectivity index (χ1n) is 6.41. The van der Waals surface area contributed by atoms with E-state index in [0.717, 1.165) is 16.9 Å². The molecule has 1 aliphatic carbocycles. The molecule has 4 heteroatoms. The van der Waals surface area contributed by atoms with E-state index in [0.29, 0.717) is 10.9 Å². The van der Waals surface area contributed by atoms with E-state index < -0.39 is 0 Å². The number of halogens is 1. The number of benzene rings is 1. The summed E-state index contributed by atoms with van der Waals surface area (Å²) in [5.41, 5.74) is 7.89. The van der Waals surface area contributed by atoms with Crippen molar-refractivity contribution >= 4 is 11.6 Å². The van der Waals surface area contributed by atoms with E-state index in [4.69, 9.17) is 27.2 Å². The molecule has 100 valence electrons. The van der Waals surface area contributed by atoms with Gasteiger partial charge in [-0.15, -0.1) is 0 Å². The summed E-state index contributed by atoms with van der Waals surface area (Å²) in [7, 11) is 1.64. The first kappa shape index (κ1) is 13.7. The Morgan fingerprint density at radius 3 is 2.67 bits per heavy atom. The van der Waals surface area contributed by atoms with Crippen molar-refractivity contribution in [2.75, 3.05) is 13.7 Å². The summed E-state index contributed by atoms with van der Waals surface area (Å²) in [5, 5.41) is 9.75. The summed E-state index contributed by atoms with van der Waals surface area (Å²) >= 11 is 6.25. The molecule has 2 rings (SSSR count). The van der Waals surface area contributed by atoms with Crippen molar-refractivity contribution in [3.8, 4) is 5.75 Å². The predicted molar refractivity (Wildman–Crippen MR) is 73.2 cm³/mol. The minimum Gasteiger partial charge on any atom is -0.495 e. The van der Waals surface area contributed by atoms with Gasteiger partial charge in [0, 0.05) is 0 Å². The molecule has 0 bridgehead atoms. The molecule has 0 saturated heterocycles. The summed E-state index contributed by atoms with van der Waals surface area (Å²) in [4.78, 5) is 0. The Balaban J connectivity index is 2.43. The van der Waals surface area contributed by atoms with Gasteiger partial charge in [-0.2, -0.15) is 0 Å². The highest BCUT2D eigenvalue weighted by Gasteiger charge is 2.23. The Hall–Kier alpha value is -0.770. The van der Waals surface area contributed by atoms with Crippen LogP contribution in [-0.2, 0) is 0 Å². The Morgan fingerprint density at radius 1 is 1.44 bits per heavy atom. The fourth-order valence-corrected chi connectivity index (χ4v) is 3.02. The molecule has 1 aromatic carbocycles. The molecular formula is C14H20ClNO2. The number of rotatable bonds is 4. The average molecular weight is 270 g/mol. The van der Waals surface area contributed by atoms with Crippen LogP contribution in [-0.4, -0.2) is 18.8 Å². The molecule has 3 N–H and O–H groups in total. The molecule has 3 nitrogen and oxygen atoms in total. The second-order valence-corrected chi connectivity index (χ2v) is 5.30. The predicted octanol–water partition coefficient (Wildman–Crippen LogP) is 3.00. The van der Waals surface area contributed by atoms with Crippen LogP contribution >= 0.6 is 11.6 Å². The van der Waals surface area contributed by atoms with Gasteiger partial charge in [0.15, 0.2) is 0 Å². The van der Waals surface area contributed by atoms with Crippen LogP contribution < -0.4 is 10.5 Å². The molecule has 0 radical (unpaired) electrons. The maximum absolute atomic E-state index is 9.16. The third kappa shape index (κ3) is 2.63. The zero-order valence-corrected chi connectivity index (χ0v) is 11.4. The third-order valence-corrected chi connectivity index (χ3v) is 4.00. The van der Waals surface area contributed by atoms with Gasteiger partial charge in [0.25, 0.3) is 0 Å². The topological polar surface area (TPSA) is 55.5 Å². The highest BCUT2D eigenvalue weighted by atomic mass is 35.5. The van der Waals surface area contributed by atoms with Crippen molar-refractivity contribution in [2.45, 2.75) is 37.6 Å². The first-order valence-corrected chi connectivity index (χ1v) is 6.79. The summed E-state index contributed by atoms with van der Waals surface area (Å²) < 4.78 is 5.42. The highest BCUT2D eigenvalue weighted by Crippen LogP contribution is 2.42. The molecule has 1 saturated carbocycles. The van der Waals surface area contributed by atoms with Crippen LogP contribution in [0.15, 0.2) is 12.1 Å². The maximum atomic E-state index is 9.16. The fourth-order valence-electron chi connectivity index (χ4n) is 2.71. The molecule has 1 aromatic rings.